The second-order valence-electron chi connectivity index (χ2n) is 3.79. The highest BCUT2D eigenvalue weighted by Crippen LogP contribution is 2.41. The van der Waals surface area contributed by atoms with Crippen molar-refractivity contribution in [2.45, 2.75) is 18.8 Å². The zero-order valence-corrected chi connectivity index (χ0v) is 8.03. The summed E-state index contributed by atoms with van der Waals surface area (Å²) in [5, 5.41) is 3.25. The van der Waals surface area contributed by atoms with E-state index in [4.69, 9.17) is 0 Å². The Morgan fingerprint density at radius 1 is 1.54 bits per heavy atom. The molecule has 0 spiro atoms. The number of hydrogen-bond acceptors (Lipinski definition) is 2. The SMILES string of the molecule is CNCC1CCC1c1cccnc1. The average Bonchev–Trinajstić information content (AvgIpc) is 2.14. The van der Waals surface area contributed by atoms with Crippen molar-refractivity contribution in [2.75, 3.05) is 13.6 Å². The number of pyridine rings is 1. The highest BCUT2D eigenvalue weighted by atomic mass is 14.8. The smallest absolute Gasteiger partial charge is 0.0302 e. The Kier molecular flexibility index (Phi) is 2.60. The molecule has 1 aromatic rings. The molecule has 0 radical (unpaired) electrons. The van der Waals surface area contributed by atoms with Crippen LogP contribution in [0.4, 0.5) is 0 Å². The van der Waals surface area contributed by atoms with Gasteiger partial charge in [-0.05, 0) is 49.9 Å². The number of aromatic nitrogens is 1. The Balaban J connectivity index is 2.02. The van der Waals surface area contributed by atoms with Crippen LogP contribution in [0.5, 0.6) is 0 Å². The van der Waals surface area contributed by atoms with Crippen LogP contribution in [0.3, 0.4) is 0 Å². The second-order valence-corrected chi connectivity index (χ2v) is 3.79. The van der Waals surface area contributed by atoms with Crippen molar-refractivity contribution in [3.8, 4) is 0 Å². The van der Waals surface area contributed by atoms with E-state index in [1.165, 1.54) is 18.4 Å². The minimum Gasteiger partial charge on any atom is -0.319 e. The highest BCUT2D eigenvalue weighted by Gasteiger charge is 2.31. The van der Waals surface area contributed by atoms with Crippen LogP contribution >= 0.6 is 0 Å². The van der Waals surface area contributed by atoms with Crippen LogP contribution in [0, 0.1) is 5.92 Å². The van der Waals surface area contributed by atoms with Gasteiger partial charge in [-0.15, -0.1) is 0 Å². The van der Waals surface area contributed by atoms with E-state index in [1.807, 2.05) is 25.5 Å². The van der Waals surface area contributed by atoms with E-state index >= 15 is 0 Å². The molecule has 1 heterocycles. The fourth-order valence-electron chi connectivity index (χ4n) is 2.11. The lowest BCUT2D eigenvalue weighted by Crippen LogP contribution is -2.32. The first kappa shape index (κ1) is 8.70. The molecule has 2 rings (SSSR count). The first-order valence-corrected chi connectivity index (χ1v) is 4.96. The lowest BCUT2D eigenvalue weighted by molar-refractivity contribution is 0.250. The maximum absolute atomic E-state index is 4.16. The predicted octanol–water partition coefficient (Wildman–Crippen LogP) is 1.79. The molecule has 13 heavy (non-hydrogen) atoms. The normalized spacial score (nSPS) is 26.8. The Morgan fingerprint density at radius 3 is 3.00 bits per heavy atom. The number of rotatable bonds is 3. The number of nitrogens with zero attached hydrogens (tertiary/aromatic N) is 1. The Labute approximate surface area is 79.4 Å². The molecule has 1 aliphatic rings. The fourth-order valence-corrected chi connectivity index (χ4v) is 2.11. The lowest BCUT2D eigenvalue weighted by atomic mass is 9.70. The topological polar surface area (TPSA) is 24.9 Å². The zero-order chi connectivity index (χ0) is 9.10. The summed E-state index contributed by atoms with van der Waals surface area (Å²) in [4.78, 5) is 4.16. The van der Waals surface area contributed by atoms with E-state index in [0.29, 0.717) is 0 Å². The van der Waals surface area contributed by atoms with Gasteiger partial charge in [0.05, 0.1) is 0 Å². The van der Waals surface area contributed by atoms with Crippen molar-refractivity contribution in [1.82, 2.24) is 10.3 Å². The third-order valence-electron chi connectivity index (χ3n) is 3.00. The van der Waals surface area contributed by atoms with E-state index in [1.54, 1.807) is 0 Å². The molecule has 1 aliphatic carbocycles. The van der Waals surface area contributed by atoms with Gasteiger partial charge in [0.2, 0.25) is 0 Å². The molecule has 1 aromatic heterocycles. The van der Waals surface area contributed by atoms with E-state index in [0.717, 1.165) is 18.4 Å². The third-order valence-corrected chi connectivity index (χ3v) is 3.00. The van der Waals surface area contributed by atoms with Gasteiger partial charge in [0, 0.05) is 12.4 Å². The maximum Gasteiger partial charge on any atom is 0.0302 e. The third kappa shape index (κ3) is 1.73. The largest absolute Gasteiger partial charge is 0.319 e. The molecule has 1 fully saturated rings. The molecule has 0 amide bonds. The Morgan fingerprint density at radius 2 is 2.46 bits per heavy atom. The lowest BCUT2D eigenvalue weighted by Gasteiger charge is -2.36. The summed E-state index contributed by atoms with van der Waals surface area (Å²) in [6.45, 7) is 1.14. The molecule has 2 heteroatoms. The van der Waals surface area contributed by atoms with Crippen molar-refractivity contribution in [1.29, 1.82) is 0 Å². The molecule has 2 nitrogen and oxygen atoms in total. The summed E-state index contributed by atoms with van der Waals surface area (Å²) in [5.74, 6) is 1.58. The molecule has 70 valence electrons. The standard InChI is InChI=1S/C11H16N2/c1-12-7-10-4-5-11(10)9-3-2-6-13-8-9/h2-3,6,8,10-12H,4-5,7H2,1H3. The van der Waals surface area contributed by atoms with Crippen molar-refractivity contribution < 1.29 is 0 Å². The van der Waals surface area contributed by atoms with Crippen LogP contribution in [-0.2, 0) is 0 Å². The van der Waals surface area contributed by atoms with Crippen molar-refractivity contribution in [3.05, 3.63) is 30.1 Å². The van der Waals surface area contributed by atoms with Gasteiger partial charge in [-0.3, -0.25) is 4.98 Å². The minimum absolute atomic E-state index is 0.751. The van der Waals surface area contributed by atoms with E-state index in [-0.39, 0.29) is 0 Å². The van der Waals surface area contributed by atoms with Crippen LogP contribution in [0.25, 0.3) is 0 Å². The quantitative estimate of drug-likeness (QED) is 0.759. The van der Waals surface area contributed by atoms with Gasteiger partial charge in [-0.1, -0.05) is 6.07 Å². The molecule has 0 bridgehead atoms. The van der Waals surface area contributed by atoms with E-state index < -0.39 is 0 Å². The van der Waals surface area contributed by atoms with Crippen molar-refractivity contribution in [2.24, 2.45) is 5.92 Å². The summed E-state index contributed by atoms with van der Waals surface area (Å²) in [5.41, 5.74) is 1.41. The molecule has 1 saturated carbocycles. The highest BCUT2D eigenvalue weighted by molar-refractivity contribution is 5.18. The van der Waals surface area contributed by atoms with Crippen LogP contribution in [0.2, 0.25) is 0 Å². The molecule has 0 saturated heterocycles. The molecule has 0 aromatic carbocycles. The first-order chi connectivity index (χ1) is 6.42. The Hall–Kier alpha value is -0.890. The Bertz CT molecular complexity index is 258. The van der Waals surface area contributed by atoms with E-state index in [9.17, 15) is 0 Å². The van der Waals surface area contributed by atoms with Gasteiger partial charge >= 0.3 is 0 Å². The van der Waals surface area contributed by atoms with Gasteiger partial charge in [0.1, 0.15) is 0 Å². The molecular weight excluding hydrogens is 160 g/mol. The van der Waals surface area contributed by atoms with Gasteiger partial charge in [0.25, 0.3) is 0 Å². The number of hydrogen-bond donors (Lipinski definition) is 1. The summed E-state index contributed by atoms with van der Waals surface area (Å²) >= 11 is 0. The molecular formula is C11H16N2. The summed E-state index contributed by atoms with van der Waals surface area (Å²) in [6, 6.07) is 4.23. The minimum atomic E-state index is 0.751. The summed E-state index contributed by atoms with van der Waals surface area (Å²) < 4.78 is 0. The average molecular weight is 176 g/mol. The van der Waals surface area contributed by atoms with E-state index in [2.05, 4.69) is 16.4 Å². The van der Waals surface area contributed by atoms with Gasteiger partial charge in [-0.2, -0.15) is 0 Å². The van der Waals surface area contributed by atoms with Crippen LogP contribution in [-0.4, -0.2) is 18.6 Å². The van der Waals surface area contributed by atoms with Gasteiger partial charge < -0.3 is 5.32 Å². The van der Waals surface area contributed by atoms with Crippen molar-refractivity contribution in [3.63, 3.8) is 0 Å². The zero-order valence-electron chi connectivity index (χ0n) is 8.03. The van der Waals surface area contributed by atoms with Gasteiger partial charge in [0.15, 0.2) is 0 Å². The maximum atomic E-state index is 4.16. The second kappa shape index (κ2) is 3.88. The molecule has 2 unspecified atom stereocenters. The molecule has 1 N–H and O–H groups in total. The summed E-state index contributed by atoms with van der Waals surface area (Å²) in [6.07, 6.45) is 6.54. The van der Waals surface area contributed by atoms with Gasteiger partial charge in [-0.25, -0.2) is 0 Å². The molecule has 0 aliphatic heterocycles. The number of nitrogens with one attached hydrogen (secondary N) is 1. The van der Waals surface area contributed by atoms with Crippen LogP contribution in [0.1, 0.15) is 24.3 Å². The van der Waals surface area contributed by atoms with Crippen LogP contribution in [0.15, 0.2) is 24.5 Å². The van der Waals surface area contributed by atoms with Crippen molar-refractivity contribution >= 4 is 0 Å². The first-order valence-electron chi connectivity index (χ1n) is 4.96. The monoisotopic (exact) mass is 176 g/mol. The fraction of sp³-hybridized carbons (Fsp3) is 0.545. The van der Waals surface area contributed by atoms with Crippen LogP contribution < -0.4 is 5.32 Å². The molecule has 2 atom stereocenters. The predicted molar refractivity (Wildman–Crippen MR) is 53.6 cm³/mol. The summed E-state index contributed by atoms with van der Waals surface area (Å²) in [7, 11) is 2.03.